The quantitative estimate of drug-likeness (QED) is 0.895. The van der Waals surface area contributed by atoms with Gasteiger partial charge in [0.25, 0.3) is 0 Å². The second-order valence-corrected chi connectivity index (χ2v) is 5.35. The van der Waals surface area contributed by atoms with E-state index in [4.69, 9.17) is 4.42 Å². The zero-order valence-electron chi connectivity index (χ0n) is 12.4. The summed E-state index contributed by atoms with van der Waals surface area (Å²) in [4.78, 5) is 0. The summed E-state index contributed by atoms with van der Waals surface area (Å²) in [5.41, 5.74) is 2.29. The highest BCUT2D eigenvalue weighted by molar-refractivity contribution is 5.23. The van der Waals surface area contributed by atoms with Gasteiger partial charge in [0.1, 0.15) is 11.5 Å². The Morgan fingerprint density at radius 1 is 1.32 bits per heavy atom. The molecule has 2 heterocycles. The van der Waals surface area contributed by atoms with Gasteiger partial charge >= 0.3 is 0 Å². The summed E-state index contributed by atoms with van der Waals surface area (Å²) in [6.07, 6.45) is 2.03. The Labute approximate surface area is 114 Å². The van der Waals surface area contributed by atoms with Crippen molar-refractivity contribution in [2.24, 2.45) is 0 Å². The third-order valence-electron chi connectivity index (χ3n) is 3.33. The first-order valence-electron chi connectivity index (χ1n) is 6.81. The Hall–Kier alpha value is -1.55. The fraction of sp³-hybridized carbons (Fsp3) is 0.533. The molecule has 0 aliphatic carbocycles. The van der Waals surface area contributed by atoms with Gasteiger partial charge in [0.05, 0.1) is 5.69 Å². The second kappa shape index (κ2) is 5.61. The van der Waals surface area contributed by atoms with Crippen LogP contribution >= 0.6 is 0 Å². The van der Waals surface area contributed by atoms with Crippen LogP contribution in [0.25, 0.3) is 0 Å². The smallest absolute Gasteiger partial charge is 0.105 e. The first-order valence-corrected chi connectivity index (χ1v) is 6.81. The molecule has 0 amide bonds. The molecule has 1 atom stereocenters. The number of nitrogens with zero attached hydrogens (tertiary/aromatic N) is 2. The Bertz CT molecular complexity index is 539. The fourth-order valence-electron chi connectivity index (χ4n) is 2.21. The van der Waals surface area contributed by atoms with Gasteiger partial charge in [0.2, 0.25) is 0 Å². The van der Waals surface area contributed by atoms with Crippen molar-refractivity contribution >= 4 is 0 Å². The third kappa shape index (κ3) is 3.26. The average molecular weight is 261 g/mol. The molecule has 0 fully saturated rings. The van der Waals surface area contributed by atoms with Crippen molar-refractivity contribution in [2.75, 3.05) is 0 Å². The van der Waals surface area contributed by atoms with E-state index in [1.54, 1.807) is 0 Å². The zero-order valence-corrected chi connectivity index (χ0v) is 12.4. The predicted molar refractivity (Wildman–Crippen MR) is 76.0 cm³/mol. The van der Waals surface area contributed by atoms with Crippen LogP contribution in [0.1, 0.15) is 55.6 Å². The lowest BCUT2D eigenvalue weighted by Crippen LogP contribution is -2.18. The third-order valence-corrected chi connectivity index (χ3v) is 3.33. The second-order valence-electron chi connectivity index (χ2n) is 5.35. The van der Waals surface area contributed by atoms with Crippen molar-refractivity contribution in [3.05, 3.63) is 41.1 Å². The standard InChI is InChI=1S/C15H23N3O/c1-10(2)18-7-6-14(17-18)9-16-12(4)15-8-11(3)19-13(15)5/h6-8,10,12,16H,9H2,1-5H3. The van der Waals surface area contributed by atoms with Crippen molar-refractivity contribution in [3.63, 3.8) is 0 Å². The average Bonchev–Trinajstić information content (AvgIpc) is 2.93. The Morgan fingerprint density at radius 3 is 2.58 bits per heavy atom. The van der Waals surface area contributed by atoms with Crippen molar-refractivity contribution in [1.82, 2.24) is 15.1 Å². The van der Waals surface area contributed by atoms with Crippen LogP contribution in [0.2, 0.25) is 0 Å². The summed E-state index contributed by atoms with van der Waals surface area (Å²) in [6, 6.07) is 4.83. The monoisotopic (exact) mass is 261 g/mol. The van der Waals surface area contributed by atoms with Gasteiger partial charge in [-0.25, -0.2) is 0 Å². The molecular weight excluding hydrogens is 238 g/mol. The van der Waals surface area contributed by atoms with Gasteiger partial charge in [-0.1, -0.05) is 0 Å². The van der Waals surface area contributed by atoms with Crippen LogP contribution in [-0.4, -0.2) is 9.78 Å². The molecule has 0 aliphatic rings. The molecular formula is C15H23N3O. The molecule has 0 radical (unpaired) electrons. The van der Waals surface area contributed by atoms with Crippen LogP contribution in [0.15, 0.2) is 22.7 Å². The highest BCUT2D eigenvalue weighted by atomic mass is 16.3. The molecule has 1 unspecified atom stereocenters. The van der Waals surface area contributed by atoms with Crippen molar-refractivity contribution in [2.45, 2.75) is 53.2 Å². The number of rotatable bonds is 5. The SMILES string of the molecule is Cc1cc(C(C)NCc2ccn(C(C)C)n2)c(C)o1. The number of hydrogen-bond donors (Lipinski definition) is 1. The molecule has 0 bridgehead atoms. The normalized spacial score (nSPS) is 13.2. The van der Waals surface area contributed by atoms with Crippen LogP contribution in [-0.2, 0) is 6.54 Å². The van der Waals surface area contributed by atoms with Gasteiger partial charge in [-0.15, -0.1) is 0 Å². The van der Waals surface area contributed by atoms with Gasteiger partial charge in [0, 0.05) is 30.4 Å². The van der Waals surface area contributed by atoms with Gasteiger partial charge in [-0.2, -0.15) is 5.10 Å². The van der Waals surface area contributed by atoms with E-state index < -0.39 is 0 Å². The van der Waals surface area contributed by atoms with Crippen molar-refractivity contribution < 1.29 is 4.42 Å². The number of nitrogens with one attached hydrogen (secondary N) is 1. The maximum absolute atomic E-state index is 5.56. The van der Waals surface area contributed by atoms with Gasteiger partial charge in [-0.3, -0.25) is 4.68 Å². The van der Waals surface area contributed by atoms with Crippen molar-refractivity contribution in [1.29, 1.82) is 0 Å². The highest BCUT2D eigenvalue weighted by Crippen LogP contribution is 2.21. The van der Waals surface area contributed by atoms with E-state index in [0.29, 0.717) is 6.04 Å². The molecule has 2 aromatic heterocycles. The molecule has 0 saturated heterocycles. The van der Waals surface area contributed by atoms with Crippen LogP contribution in [0.4, 0.5) is 0 Å². The lowest BCUT2D eigenvalue weighted by Gasteiger charge is -2.12. The summed E-state index contributed by atoms with van der Waals surface area (Å²) < 4.78 is 7.54. The Morgan fingerprint density at radius 2 is 2.05 bits per heavy atom. The topological polar surface area (TPSA) is 43.0 Å². The number of aryl methyl sites for hydroxylation is 2. The lowest BCUT2D eigenvalue weighted by molar-refractivity contribution is 0.486. The maximum Gasteiger partial charge on any atom is 0.105 e. The van der Waals surface area contributed by atoms with Crippen LogP contribution in [0, 0.1) is 13.8 Å². The minimum absolute atomic E-state index is 0.265. The first-order chi connectivity index (χ1) is 8.97. The van der Waals surface area contributed by atoms with Gasteiger partial charge in [0.15, 0.2) is 0 Å². The van der Waals surface area contributed by atoms with Gasteiger partial charge in [-0.05, 0) is 46.8 Å². The molecule has 0 aliphatic heterocycles. The lowest BCUT2D eigenvalue weighted by atomic mass is 10.1. The van der Waals surface area contributed by atoms with Crippen LogP contribution in [0.5, 0.6) is 0 Å². The first kappa shape index (κ1) is 13.9. The van der Waals surface area contributed by atoms with Crippen molar-refractivity contribution in [3.8, 4) is 0 Å². The van der Waals surface area contributed by atoms with Crippen LogP contribution in [0.3, 0.4) is 0 Å². The summed E-state index contributed by atoms with van der Waals surface area (Å²) in [6.45, 7) is 11.2. The molecule has 1 N–H and O–H groups in total. The van der Waals surface area contributed by atoms with E-state index in [0.717, 1.165) is 23.8 Å². The minimum atomic E-state index is 0.265. The minimum Gasteiger partial charge on any atom is -0.466 e. The van der Waals surface area contributed by atoms with E-state index in [2.05, 4.69) is 43.3 Å². The van der Waals surface area contributed by atoms with E-state index >= 15 is 0 Å². The number of aromatic nitrogens is 2. The summed E-state index contributed by atoms with van der Waals surface area (Å²) in [7, 11) is 0. The summed E-state index contributed by atoms with van der Waals surface area (Å²) >= 11 is 0. The molecule has 0 aromatic carbocycles. The molecule has 19 heavy (non-hydrogen) atoms. The Balaban J connectivity index is 1.96. The van der Waals surface area contributed by atoms with E-state index in [1.807, 2.05) is 24.7 Å². The molecule has 2 aromatic rings. The highest BCUT2D eigenvalue weighted by Gasteiger charge is 2.12. The zero-order chi connectivity index (χ0) is 14.0. The molecule has 4 heteroatoms. The predicted octanol–water partition coefficient (Wildman–Crippen LogP) is 3.52. The largest absolute Gasteiger partial charge is 0.466 e. The van der Waals surface area contributed by atoms with Gasteiger partial charge < -0.3 is 9.73 Å². The molecule has 104 valence electrons. The number of hydrogen-bond acceptors (Lipinski definition) is 3. The molecule has 2 rings (SSSR count). The summed E-state index contributed by atoms with van der Waals surface area (Å²) in [5, 5.41) is 8.02. The molecule has 4 nitrogen and oxygen atoms in total. The molecule has 0 spiro atoms. The number of furan rings is 1. The van der Waals surface area contributed by atoms with E-state index in [9.17, 15) is 0 Å². The van der Waals surface area contributed by atoms with E-state index in [-0.39, 0.29) is 6.04 Å². The molecule has 0 saturated carbocycles. The Kier molecular flexibility index (Phi) is 4.10. The van der Waals surface area contributed by atoms with Crippen LogP contribution < -0.4 is 5.32 Å². The summed E-state index contributed by atoms with van der Waals surface area (Å²) in [5.74, 6) is 1.95. The van der Waals surface area contributed by atoms with E-state index in [1.165, 1.54) is 5.56 Å². The maximum atomic E-state index is 5.56. The fourth-order valence-corrected chi connectivity index (χ4v) is 2.21.